The van der Waals surface area contributed by atoms with Crippen LogP contribution in [0.1, 0.15) is 11.1 Å². The lowest BCUT2D eigenvalue weighted by atomic mass is 9.96. The molecule has 0 spiro atoms. The van der Waals surface area contributed by atoms with Gasteiger partial charge in [-0.3, -0.25) is 0 Å². The third kappa shape index (κ3) is 3.16. The van der Waals surface area contributed by atoms with Crippen LogP contribution >= 0.6 is 0 Å². The van der Waals surface area contributed by atoms with Crippen molar-refractivity contribution in [3.63, 3.8) is 0 Å². The summed E-state index contributed by atoms with van der Waals surface area (Å²) in [6.07, 6.45) is 0. The molecule has 1 heterocycles. The van der Waals surface area contributed by atoms with Crippen molar-refractivity contribution < 1.29 is 8.42 Å². The zero-order valence-electron chi connectivity index (χ0n) is 15.2. The fourth-order valence-electron chi connectivity index (χ4n) is 3.37. The summed E-state index contributed by atoms with van der Waals surface area (Å²) in [5.41, 5.74) is 7.62. The molecular weight excluding hydrogens is 356 g/mol. The van der Waals surface area contributed by atoms with E-state index < -0.39 is 10.0 Å². The summed E-state index contributed by atoms with van der Waals surface area (Å²) in [5, 5.41) is 6.35. The Hall–Kier alpha value is -2.89. The lowest BCUT2D eigenvalue weighted by Gasteiger charge is -2.09. The number of hydrogen-bond donors (Lipinski definition) is 2. The van der Waals surface area contributed by atoms with Crippen LogP contribution in [0.2, 0.25) is 0 Å². The van der Waals surface area contributed by atoms with Crippen LogP contribution in [0, 0.1) is 13.8 Å². The Balaban J connectivity index is 1.97. The van der Waals surface area contributed by atoms with Crippen LogP contribution < -0.4 is 5.14 Å². The molecule has 0 aliphatic carbocycles. The summed E-state index contributed by atoms with van der Waals surface area (Å²) < 4.78 is 23.1. The van der Waals surface area contributed by atoms with E-state index in [1.807, 2.05) is 18.2 Å². The fourth-order valence-corrected chi connectivity index (χ4v) is 3.88. The number of benzene rings is 3. The lowest BCUT2D eigenvalue weighted by molar-refractivity contribution is 0.598. The summed E-state index contributed by atoms with van der Waals surface area (Å²) in [4.78, 5) is 3.60. The largest absolute Gasteiger partial charge is 0.354 e. The zero-order chi connectivity index (χ0) is 19.2. The predicted molar refractivity (Wildman–Crippen MR) is 110 cm³/mol. The van der Waals surface area contributed by atoms with Gasteiger partial charge in [0.1, 0.15) is 0 Å². The molecule has 0 bridgehead atoms. The molecule has 0 fully saturated rings. The van der Waals surface area contributed by atoms with E-state index in [4.69, 9.17) is 5.14 Å². The molecule has 4 rings (SSSR count). The second-order valence-corrected chi connectivity index (χ2v) is 8.35. The highest BCUT2D eigenvalue weighted by Crippen LogP contribution is 2.39. The monoisotopic (exact) mass is 376 g/mol. The number of aromatic nitrogens is 1. The summed E-state index contributed by atoms with van der Waals surface area (Å²) in [7, 11) is -3.71. The third-order valence-electron chi connectivity index (χ3n) is 4.97. The number of H-pyrrole nitrogens is 1. The molecule has 27 heavy (non-hydrogen) atoms. The molecule has 3 N–H and O–H groups in total. The first-order valence-corrected chi connectivity index (χ1v) is 10.2. The van der Waals surface area contributed by atoms with Gasteiger partial charge < -0.3 is 4.98 Å². The highest BCUT2D eigenvalue weighted by Gasteiger charge is 2.16. The number of hydrogen-bond acceptors (Lipinski definition) is 2. The molecule has 0 radical (unpaired) electrons. The molecule has 1 aromatic heterocycles. The standard InChI is InChI=1S/C22H20N2O2S/c1-14-7-8-17(13-15(14)2)21-19-5-3-4-6-20(19)24-22(21)16-9-11-18(12-10-16)27(23,25)26/h3-13,24H,1-2H3,(H2,23,25,26). The van der Waals surface area contributed by atoms with Crippen molar-refractivity contribution in [2.45, 2.75) is 18.7 Å². The number of primary sulfonamides is 1. The summed E-state index contributed by atoms with van der Waals surface area (Å²) in [5.74, 6) is 0. The van der Waals surface area contributed by atoms with E-state index in [9.17, 15) is 8.42 Å². The normalized spacial score (nSPS) is 11.8. The van der Waals surface area contributed by atoms with Gasteiger partial charge in [0.2, 0.25) is 10.0 Å². The number of nitrogens with two attached hydrogens (primary N) is 1. The topological polar surface area (TPSA) is 76.0 Å². The number of para-hydroxylation sites is 1. The van der Waals surface area contributed by atoms with Crippen LogP contribution in [-0.4, -0.2) is 13.4 Å². The molecule has 0 amide bonds. The summed E-state index contributed by atoms with van der Waals surface area (Å²) >= 11 is 0. The number of nitrogens with one attached hydrogen (secondary N) is 1. The van der Waals surface area contributed by atoms with E-state index in [-0.39, 0.29) is 4.90 Å². The van der Waals surface area contributed by atoms with Gasteiger partial charge in [-0.2, -0.15) is 0 Å². The molecule has 4 aromatic rings. The minimum atomic E-state index is -3.71. The van der Waals surface area contributed by atoms with E-state index in [2.05, 4.69) is 43.1 Å². The van der Waals surface area contributed by atoms with Crippen molar-refractivity contribution in [3.8, 4) is 22.4 Å². The van der Waals surface area contributed by atoms with Crippen LogP contribution in [0.4, 0.5) is 0 Å². The maximum absolute atomic E-state index is 11.5. The van der Waals surface area contributed by atoms with Crippen molar-refractivity contribution in [1.29, 1.82) is 0 Å². The van der Waals surface area contributed by atoms with Crippen molar-refractivity contribution in [2.24, 2.45) is 5.14 Å². The molecule has 0 unspecified atom stereocenters. The van der Waals surface area contributed by atoms with Crippen molar-refractivity contribution in [1.82, 2.24) is 4.98 Å². The second kappa shape index (κ2) is 6.37. The van der Waals surface area contributed by atoms with Gasteiger partial charge in [0.15, 0.2) is 0 Å². The third-order valence-corrected chi connectivity index (χ3v) is 5.90. The molecule has 0 saturated carbocycles. The van der Waals surface area contributed by atoms with Gasteiger partial charge in [0, 0.05) is 16.5 Å². The maximum atomic E-state index is 11.5. The van der Waals surface area contributed by atoms with Gasteiger partial charge in [-0.25, -0.2) is 13.6 Å². The zero-order valence-corrected chi connectivity index (χ0v) is 16.0. The molecule has 0 aliphatic rings. The van der Waals surface area contributed by atoms with Crippen molar-refractivity contribution in [3.05, 3.63) is 77.9 Å². The number of aromatic amines is 1. The SMILES string of the molecule is Cc1ccc(-c2c(-c3ccc(S(N)(=O)=O)cc3)[nH]c3ccccc23)cc1C. The van der Waals surface area contributed by atoms with E-state index in [0.29, 0.717) is 0 Å². The predicted octanol–water partition coefficient (Wildman–Crippen LogP) is 4.77. The van der Waals surface area contributed by atoms with Gasteiger partial charge in [-0.1, -0.05) is 48.5 Å². The van der Waals surface area contributed by atoms with Gasteiger partial charge in [-0.05, 0) is 54.3 Å². The van der Waals surface area contributed by atoms with E-state index in [0.717, 1.165) is 33.3 Å². The number of rotatable bonds is 3. The first kappa shape index (κ1) is 17.5. The second-order valence-electron chi connectivity index (χ2n) is 6.79. The fraction of sp³-hybridized carbons (Fsp3) is 0.0909. The van der Waals surface area contributed by atoms with Crippen LogP contribution in [0.25, 0.3) is 33.3 Å². The maximum Gasteiger partial charge on any atom is 0.238 e. The van der Waals surface area contributed by atoms with Crippen LogP contribution in [-0.2, 0) is 10.0 Å². The first-order valence-electron chi connectivity index (χ1n) is 8.66. The smallest absolute Gasteiger partial charge is 0.238 e. The quantitative estimate of drug-likeness (QED) is 0.540. The lowest BCUT2D eigenvalue weighted by Crippen LogP contribution is -2.11. The van der Waals surface area contributed by atoms with Crippen LogP contribution in [0.15, 0.2) is 71.6 Å². The Morgan fingerprint density at radius 2 is 1.48 bits per heavy atom. The molecule has 4 nitrogen and oxygen atoms in total. The van der Waals surface area contributed by atoms with Gasteiger partial charge in [0.05, 0.1) is 10.6 Å². The molecular formula is C22H20N2O2S. The van der Waals surface area contributed by atoms with Gasteiger partial charge in [-0.15, -0.1) is 0 Å². The Labute approximate surface area is 158 Å². The molecule has 0 saturated heterocycles. The number of aryl methyl sites for hydroxylation is 2. The first-order chi connectivity index (χ1) is 12.8. The summed E-state index contributed by atoms with van der Waals surface area (Å²) in [6.45, 7) is 4.20. The van der Waals surface area contributed by atoms with Crippen LogP contribution in [0.5, 0.6) is 0 Å². The van der Waals surface area contributed by atoms with Gasteiger partial charge in [0.25, 0.3) is 0 Å². The highest BCUT2D eigenvalue weighted by molar-refractivity contribution is 7.89. The minimum absolute atomic E-state index is 0.107. The Kier molecular flexibility index (Phi) is 4.13. The highest BCUT2D eigenvalue weighted by atomic mass is 32.2. The Morgan fingerprint density at radius 3 is 2.15 bits per heavy atom. The Bertz CT molecular complexity index is 1250. The van der Waals surface area contributed by atoms with Crippen molar-refractivity contribution in [2.75, 3.05) is 0 Å². The van der Waals surface area contributed by atoms with Crippen molar-refractivity contribution >= 4 is 20.9 Å². The van der Waals surface area contributed by atoms with E-state index in [1.54, 1.807) is 24.3 Å². The molecule has 5 heteroatoms. The minimum Gasteiger partial charge on any atom is -0.354 e. The molecule has 0 aliphatic heterocycles. The molecule has 136 valence electrons. The van der Waals surface area contributed by atoms with E-state index in [1.165, 1.54) is 11.1 Å². The average Bonchev–Trinajstić information content (AvgIpc) is 3.03. The van der Waals surface area contributed by atoms with Gasteiger partial charge >= 0.3 is 0 Å². The van der Waals surface area contributed by atoms with E-state index >= 15 is 0 Å². The Morgan fingerprint density at radius 1 is 0.815 bits per heavy atom. The number of sulfonamides is 1. The average molecular weight is 376 g/mol. The van der Waals surface area contributed by atoms with Crippen LogP contribution in [0.3, 0.4) is 0 Å². The molecule has 0 atom stereocenters. The number of fused-ring (bicyclic) bond motifs is 1. The molecule has 3 aromatic carbocycles. The summed E-state index contributed by atoms with van der Waals surface area (Å²) in [6, 6.07) is 21.3.